The molecule has 2 N–H and O–H groups in total. The third kappa shape index (κ3) is 6.61. The number of H-pyrrole nitrogens is 2. The molecule has 8 nitrogen and oxygen atoms in total. The lowest BCUT2D eigenvalue weighted by atomic mass is 9.77. The molecule has 0 unspecified atom stereocenters. The molecule has 39 heavy (non-hydrogen) atoms. The number of aromatic amines is 2. The number of nitrogens with one attached hydrogen (secondary N) is 2. The number of hydrogen-bond donors (Lipinski definition) is 2. The average molecular weight is 530 g/mol. The first-order valence-electron chi connectivity index (χ1n) is 14.9. The quantitative estimate of drug-likeness (QED) is 0.426. The van der Waals surface area contributed by atoms with Crippen LogP contribution in [0.5, 0.6) is 0 Å². The Hall–Kier alpha value is -2.97. The Morgan fingerprint density at radius 1 is 0.872 bits per heavy atom. The van der Waals surface area contributed by atoms with Crippen LogP contribution in [0.2, 0.25) is 0 Å². The van der Waals surface area contributed by atoms with Crippen LogP contribution < -0.4 is 0 Å². The van der Waals surface area contributed by atoms with Crippen molar-refractivity contribution in [2.24, 2.45) is 5.41 Å². The maximum absolute atomic E-state index is 13.3. The highest BCUT2D eigenvalue weighted by Gasteiger charge is 2.41. The van der Waals surface area contributed by atoms with E-state index in [4.69, 9.17) is 0 Å². The smallest absolute Gasteiger partial charge is 0.227 e. The second-order valence-electron chi connectivity index (χ2n) is 12.1. The molecule has 3 aliphatic rings. The fourth-order valence-electron chi connectivity index (χ4n) is 7.05. The summed E-state index contributed by atoms with van der Waals surface area (Å²) in [5.41, 5.74) is 2.91. The second-order valence-corrected chi connectivity index (χ2v) is 12.1. The van der Waals surface area contributed by atoms with Gasteiger partial charge in [-0.25, -0.2) is 9.97 Å². The zero-order chi connectivity index (χ0) is 26.5. The Balaban J connectivity index is 1.00. The molecule has 1 saturated carbocycles. The van der Waals surface area contributed by atoms with Crippen LogP contribution in [-0.2, 0) is 30.8 Å². The van der Waals surface area contributed by atoms with Crippen molar-refractivity contribution < 1.29 is 4.79 Å². The molecule has 1 aromatic carbocycles. The molecule has 0 atom stereocenters. The lowest BCUT2D eigenvalue weighted by Crippen LogP contribution is -2.46. The van der Waals surface area contributed by atoms with Crippen LogP contribution in [0.3, 0.4) is 0 Å². The zero-order valence-electron chi connectivity index (χ0n) is 23.2. The number of aromatic nitrogens is 4. The summed E-state index contributed by atoms with van der Waals surface area (Å²) in [5, 5.41) is 0. The van der Waals surface area contributed by atoms with Crippen LogP contribution in [0, 0.1) is 5.41 Å². The van der Waals surface area contributed by atoms with Crippen LogP contribution in [0.4, 0.5) is 0 Å². The van der Waals surface area contributed by atoms with Gasteiger partial charge in [0.05, 0.1) is 19.5 Å². The van der Waals surface area contributed by atoms with Crippen molar-refractivity contribution >= 4 is 5.91 Å². The van der Waals surface area contributed by atoms with Gasteiger partial charge in [0.25, 0.3) is 0 Å². The number of likely N-dealkylation sites (tertiary alicyclic amines) is 2. The number of rotatable bonds is 9. The minimum absolute atomic E-state index is 0.0663. The average Bonchev–Trinajstić information content (AvgIpc) is 3.75. The van der Waals surface area contributed by atoms with Crippen molar-refractivity contribution in [3.05, 3.63) is 71.8 Å². The summed E-state index contributed by atoms with van der Waals surface area (Å²) in [6.07, 6.45) is 18.6. The molecule has 0 radical (unpaired) electrons. The number of hydrogen-bond acceptors (Lipinski definition) is 5. The lowest BCUT2D eigenvalue weighted by molar-refractivity contribution is -0.132. The van der Waals surface area contributed by atoms with E-state index in [9.17, 15) is 4.79 Å². The van der Waals surface area contributed by atoms with E-state index in [0.717, 1.165) is 29.8 Å². The number of piperidine rings is 1. The minimum Gasteiger partial charge on any atom is -0.347 e. The van der Waals surface area contributed by atoms with Gasteiger partial charge in [0.1, 0.15) is 11.6 Å². The number of benzene rings is 1. The monoisotopic (exact) mass is 529 g/mol. The van der Waals surface area contributed by atoms with Crippen molar-refractivity contribution in [3.8, 4) is 0 Å². The van der Waals surface area contributed by atoms with E-state index in [2.05, 4.69) is 54.0 Å². The van der Waals surface area contributed by atoms with E-state index in [-0.39, 0.29) is 5.91 Å². The van der Waals surface area contributed by atoms with E-state index in [1.807, 2.05) is 0 Å². The Morgan fingerprint density at radius 2 is 1.49 bits per heavy atom. The normalized spacial score (nSPS) is 20.5. The number of amides is 1. The summed E-state index contributed by atoms with van der Waals surface area (Å²) >= 11 is 0. The summed E-state index contributed by atoms with van der Waals surface area (Å²) in [7, 11) is 0. The van der Waals surface area contributed by atoms with Gasteiger partial charge in [0.15, 0.2) is 0 Å². The second kappa shape index (κ2) is 12.0. The topological polar surface area (TPSA) is 84.2 Å². The molecule has 0 bridgehead atoms. The predicted octanol–water partition coefficient (Wildman–Crippen LogP) is 4.52. The molecule has 2 saturated heterocycles. The highest BCUT2D eigenvalue weighted by atomic mass is 16.2. The molecule has 2 aromatic heterocycles. The van der Waals surface area contributed by atoms with Gasteiger partial charge in [-0.2, -0.15) is 0 Å². The Labute approximate surface area is 232 Å². The summed E-state index contributed by atoms with van der Waals surface area (Å²) in [4.78, 5) is 35.3. The third-order valence-electron chi connectivity index (χ3n) is 9.40. The molecular weight excluding hydrogens is 486 g/mol. The Bertz CT molecular complexity index is 1120. The van der Waals surface area contributed by atoms with Gasteiger partial charge >= 0.3 is 0 Å². The SMILES string of the molecule is O=C(Cc1ccc(CN2CCC3(CCN(C4CCCCC4)CC3)C2)cc1)N(Cc1ncc[nH]1)Cc1ncc[nH]1. The Kier molecular flexibility index (Phi) is 8.11. The van der Waals surface area contributed by atoms with Crippen molar-refractivity contribution in [1.82, 2.24) is 34.6 Å². The predicted molar refractivity (Wildman–Crippen MR) is 152 cm³/mol. The number of nitrogens with zero attached hydrogens (tertiary/aromatic N) is 5. The molecule has 208 valence electrons. The van der Waals surface area contributed by atoms with Gasteiger partial charge in [-0.3, -0.25) is 9.69 Å². The molecule has 1 aliphatic carbocycles. The van der Waals surface area contributed by atoms with E-state index in [1.54, 1.807) is 29.7 Å². The fourth-order valence-corrected chi connectivity index (χ4v) is 7.05. The fraction of sp³-hybridized carbons (Fsp3) is 0.581. The number of carbonyl (C=O) groups excluding carboxylic acids is 1. The molecule has 4 heterocycles. The van der Waals surface area contributed by atoms with Crippen molar-refractivity contribution in [1.29, 1.82) is 0 Å². The van der Waals surface area contributed by atoms with E-state index in [0.29, 0.717) is 24.9 Å². The largest absolute Gasteiger partial charge is 0.347 e. The molecule has 6 rings (SSSR count). The standard InChI is InChI=1S/C31H43N7O/c39-30(38(22-28-32-13-14-33-28)23-29-34-15-16-35-29)20-25-6-8-26(9-7-25)21-36-17-10-31(24-36)11-18-37(19-12-31)27-4-2-1-3-5-27/h6-9,13-16,27H,1-5,10-12,17-24H2,(H,32,33)(H,34,35). The number of carbonyl (C=O) groups is 1. The maximum atomic E-state index is 13.3. The van der Waals surface area contributed by atoms with Crippen LogP contribution in [0.25, 0.3) is 0 Å². The molecule has 2 aliphatic heterocycles. The molecule has 1 spiro atoms. The maximum Gasteiger partial charge on any atom is 0.227 e. The van der Waals surface area contributed by atoms with Crippen molar-refractivity contribution in [2.75, 3.05) is 26.2 Å². The van der Waals surface area contributed by atoms with Gasteiger partial charge in [0, 0.05) is 43.9 Å². The van der Waals surface area contributed by atoms with Crippen molar-refractivity contribution in [3.63, 3.8) is 0 Å². The van der Waals surface area contributed by atoms with Crippen LogP contribution >= 0.6 is 0 Å². The van der Waals surface area contributed by atoms with E-state index in [1.165, 1.54) is 83.1 Å². The van der Waals surface area contributed by atoms with Gasteiger partial charge in [-0.15, -0.1) is 0 Å². The van der Waals surface area contributed by atoms with Gasteiger partial charge in [-0.1, -0.05) is 43.5 Å². The van der Waals surface area contributed by atoms with Gasteiger partial charge in [-0.05, 0) is 68.3 Å². The van der Waals surface area contributed by atoms with Crippen LogP contribution in [-0.4, -0.2) is 72.8 Å². The molecule has 1 amide bonds. The summed E-state index contributed by atoms with van der Waals surface area (Å²) in [6.45, 7) is 6.92. The van der Waals surface area contributed by atoms with E-state index >= 15 is 0 Å². The summed E-state index contributed by atoms with van der Waals surface area (Å²) in [6, 6.07) is 9.53. The summed E-state index contributed by atoms with van der Waals surface area (Å²) in [5.74, 6) is 1.61. The highest BCUT2D eigenvalue weighted by molar-refractivity contribution is 5.78. The zero-order valence-corrected chi connectivity index (χ0v) is 23.2. The first-order valence-corrected chi connectivity index (χ1v) is 14.9. The third-order valence-corrected chi connectivity index (χ3v) is 9.40. The lowest BCUT2D eigenvalue weighted by Gasteiger charge is -2.43. The highest BCUT2D eigenvalue weighted by Crippen LogP contribution is 2.42. The molecular formula is C31H43N7O. The van der Waals surface area contributed by atoms with E-state index < -0.39 is 0 Å². The summed E-state index contributed by atoms with van der Waals surface area (Å²) < 4.78 is 0. The van der Waals surface area contributed by atoms with Gasteiger partial charge in [0.2, 0.25) is 5.91 Å². The molecule has 3 fully saturated rings. The van der Waals surface area contributed by atoms with Crippen molar-refractivity contribution in [2.45, 2.75) is 83.5 Å². The van der Waals surface area contributed by atoms with Gasteiger partial charge < -0.3 is 19.8 Å². The molecule has 3 aromatic rings. The minimum atomic E-state index is 0.0663. The number of imidazole rings is 2. The van der Waals surface area contributed by atoms with Crippen LogP contribution in [0.15, 0.2) is 49.1 Å². The Morgan fingerprint density at radius 3 is 2.10 bits per heavy atom. The molecule has 8 heteroatoms. The first kappa shape index (κ1) is 26.3. The first-order chi connectivity index (χ1) is 19.1. The van der Waals surface area contributed by atoms with Crippen LogP contribution in [0.1, 0.15) is 74.1 Å².